The SMILES string of the molecule is COc1ccc(Cn2ccc3nc4ccn(Cc5ccc6c(c5)OCCCO6)c(=O)c4cc3c2=O)cc1OC. The van der Waals surface area contributed by atoms with Gasteiger partial charge in [-0.3, -0.25) is 9.59 Å². The summed E-state index contributed by atoms with van der Waals surface area (Å²) >= 11 is 0. The predicted octanol–water partition coefficient (Wildman–Crippen LogP) is 3.99. The molecule has 0 radical (unpaired) electrons. The van der Waals surface area contributed by atoms with Gasteiger partial charge < -0.3 is 28.1 Å². The average molecular weight is 526 g/mol. The summed E-state index contributed by atoms with van der Waals surface area (Å²) in [5, 5.41) is 0.774. The van der Waals surface area contributed by atoms with Crippen LogP contribution in [0.5, 0.6) is 23.0 Å². The van der Waals surface area contributed by atoms with Crippen LogP contribution in [-0.2, 0) is 13.1 Å². The van der Waals surface area contributed by atoms with Gasteiger partial charge in [0.2, 0.25) is 0 Å². The van der Waals surface area contributed by atoms with Gasteiger partial charge in [0.25, 0.3) is 11.1 Å². The van der Waals surface area contributed by atoms with Crippen molar-refractivity contribution in [2.75, 3.05) is 27.4 Å². The molecule has 0 bridgehead atoms. The van der Waals surface area contributed by atoms with E-state index in [4.69, 9.17) is 18.9 Å². The van der Waals surface area contributed by atoms with E-state index >= 15 is 0 Å². The fourth-order valence-corrected chi connectivity index (χ4v) is 4.83. The highest BCUT2D eigenvalue weighted by Crippen LogP contribution is 2.31. The van der Waals surface area contributed by atoms with Crippen LogP contribution in [0.4, 0.5) is 0 Å². The Morgan fingerprint density at radius 3 is 1.95 bits per heavy atom. The van der Waals surface area contributed by atoms with E-state index in [2.05, 4.69) is 4.98 Å². The molecule has 0 unspecified atom stereocenters. The number of methoxy groups -OCH3 is 2. The third-order valence-corrected chi connectivity index (χ3v) is 6.85. The first-order chi connectivity index (χ1) is 19.0. The zero-order chi connectivity index (χ0) is 26.9. The van der Waals surface area contributed by atoms with Gasteiger partial charge in [-0.25, -0.2) is 4.98 Å². The zero-order valence-electron chi connectivity index (χ0n) is 21.7. The summed E-state index contributed by atoms with van der Waals surface area (Å²) in [4.78, 5) is 31.5. The summed E-state index contributed by atoms with van der Waals surface area (Å²) < 4.78 is 25.4. The minimum Gasteiger partial charge on any atom is -0.493 e. The van der Waals surface area contributed by atoms with E-state index in [0.717, 1.165) is 17.5 Å². The van der Waals surface area contributed by atoms with E-state index in [1.807, 2.05) is 30.3 Å². The van der Waals surface area contributed by atoms with Crippen molar-refractivity contribution in [2.24, 2.45) is 0 Å². The standard InChI is InChI=1S/C30H27N3O6/c1-36-25-6-4-19(14-27(25)37-2)17-32-10-8-23-21(29(32)34)16-22-24(31-23)9-11-33(30(22)35)18-20-5-7-26-28(15-20)39-13-3-12-38-26/h4-11,14-16H,3,12-13,17-18H2,1-2H3. The van der Waals surface area contributed by atoms with Crippen LogP contribution in [0, 0.1) is 0 Å². The second kappa shape index (κ2) is 10.2. The first-order valence-corrected chi connectivity index (χ1v) is 12.7. The second-order valence-electron chi connectivity index (χ2n) is 9.37. The molecule has 0 fully saturated rings. The molecule has 1 aliphatic heterocycles. The maximum absolute atomic E-state index is 13.5. The summed E-state index contributed by atoms with van der Waals surface area (Å²) in [6.45, 7) is 1.89. The molecule has 3 aromatic heterocycles. The predicted molar refractivity (Wildman–Crippen MR) is 148 cm³/mol. The summed E-state index contributed by atoms with van der Waals surface area (Å²) in [5.74, 6) is 2.60. The summed E-state index contributed by atoms with van der Waals surface area (Å²) in [6, 6.07) is 16.5. The minimum absolute atomic E-state index is 0.219. The fourth-order valence-electron chi connectivity index (χ4n) is 4.83. The van der Waals surface area contributed by atoms with E-state index in [1.165, 1.54) is 0 Å². The molecule has 0 spiro atoms. The topological polar surface area (TPSA) is 93.8 Å². The third-order valence-electron chi connectivity index (χ3n) is 6.85. The van der Waals surface area contributed by atoms with Crippen LogP contribution in [0.1, 0.15) is 17.5 Å². The van der Waals surface area contributed by atoms with Crippen LogP contribution >= 0.6 is 0 Å². The van der Waals surface area contributed by atoms with Crippen LogP contribution in [0.15, 0.2) is 76.6 Å². The first kappa shape index (κ1) is 24.5. The Morgan fingerprint density at radius 1 is 0.718 bits per heavy atom. The van der Waals surface area contributed by atoms with Gasteiger partial charge in [-0.1, -0.05) is 12.1 Å². The highest BCUT2D eigenvalue weighted by molar-refractivity contribution is 5.91. The summed E-state index contributed by atoms with van der Waals surface area (Å²) in [5.41, 5.74) is 2.42. The molecular weight excluding hydrogens is 498 g/mol. The lowest BCUT2D eigenvalue weighted by molar-refractivity contribution is 0.297. The number of hydrogen-bond donors (Lipinski definition) is 0. The van der Waals surface area contributed by atoms with Gasteiger partial charge in [0.15, 0.2) is 23.0 Å². The van der Waals surface area contributed by atoms with Crippen LogP contribution in [-0.4, -0.2) is 41.6 Å². The molecule has 39 heavy (non-hydrogen) atoms. The van der Waals surface area contributed by atoms with Gasteiger partial charge in [-0.2, -0.15) is 0 Å². The lowest BCUT2D eigenvalue weighted by Gasteiger charge is -2.12. The van der Waals surface area contributed by atoms with Gasteiger partial charge in [-0.15, -0.1) is 0 Å². The lowest BCUT2D eigenvalue weighted by atomic mass is 10.1. The Morgan fingerprint density at radius 2 is 1.31 bits per heavy atom. The van der Waals surface area contributed by atoms with Crippen molar-refractivity contribution in [1.82, 2.24) is 14.1 Å². The number of benzene rings is 2. The summed E-state index contributed by atoms with van der Waals surface area (Å²) in [7, 11) is 3.15. The van der Waals surface area contributed by atoms with E-state index in [0.29, 0.717) is 71.1 Å². The number of aromatic nitrogens is 3. The van der Waals surface area contributed by atoms with E-state index in [-0.39, 0.29) is 11.1 Å². The van der Waals surface area contributed by atoms with Crippen molar-refractivity contribution in [3.63, 3.8) is 0 Å². The molecule has 198 valence electrons. The second-order valence-corrected chi connectivity index (χ2v) is 9.37. The Hall–Kier alpha value is -4.79. The maximum atomic E-state index is 13.5. The molecule has 6 rings (SSSR count). The van der Waals surface area contributed by atoms with Crippen molar-refractivity contribution in [3.8, 4) is 23.0 Å². The highest BCUT2D eigenvalue weighted by atomic mass is 16.5. The Labute approximate surface area is 223 Å². The average Bonchev–Trinajstić information content (AvgIpc) is 3.20. The van der Waals surface area contributed by atoms with Crippen LogP contribution in [0.3, 0.4) is 0 Å². The summed E-state index contributed by atoms with van der Waals surface area (Å²) in [6.07, 6.45) is 4.27. The number of fused-ring (bicyclic) bond motifs is 3. The monoisotopic (exact) mass is 525 g/mol. The molecule has 4 heterocycles. The number of nitrogens with zero attached hydrogens (tertiary/aromatic N) is 3. The molecule has 2 aromatic carbocycles. The van der Waals surface area contributed by atoms with E-state index < -0.39 is 0 Å². The maximum Gasteiger partial charge on any atom is 0.260 e. The lowest BCUT2D eigenvalue weighted by Crippen LogP contribution is -2.23. The quantitative estimate of drug-likeness (QED) is 0.310. The Balaban J connectivity index is 1.35. The van der Waals surface area contributed by atoms with Crippen LogP contribution in [0.25, 0.3) is 21.8 Å². The molecule has 0 aliphatic carbocycles. The van der Waals surface area contributed by atoms with E-state index in [1.54, 1.807) is 60.0 Å². The van der Waals surface area contributed by atoms with Gasteiger partial charge in [0, 0.05) is 18.8 Å². The molecule has 0 atom stereocenters. The van der Waals surface area contributed by atoms with Crippen molar-refractivity contribution in [3.05, 3.63) is 98.8 Å². The highest BCUT2D eigenvalue weighted by Gasteiger charge is 2.14. The van der Waals surface area contributed by atoms with Crippen LogP contribution < -0.4 is 30.1 Å². The Bertz CT molecular complexity index is 1820. The minimum atomic E-state index is -0.227. The normalized spacial score (nSPS) is 12.9. The van der Waals surface area contributed by atoms with Crippen molar-refractivity contribution in [1.29, 1.82) is 0 Å². The molecule has 0 saturated carbocycles. The molecule has 9 heteroatoms. The third kappa shape index (κ3) is 4.67. The molecule has 0 amide bonds. The van der Waals surface area contributed by atoms with Crippen molar-refractivity contribution >= 4 is 21.8 Å². The van der Waals surface area contributed by atoms with Crippen molar-refractivity contribution < 1.29 is 18.9 Å². The van der Waals surface area contributed by atoms with Gasteiger partial charge >= 0.3 is 0 Å². The van der Waals surface area contributed by atoms with Gasteiger partial charge in [0.05, 0.1) is 62.3 Å². The first-order valence-electron chi connectivity index (χ1n) is 12.7. The van der Waals surface area contributed by atoms with Crippen molar-refractivity contribution in [2.45, 2.75) is 19.5 Å². The molecular formula is C30H27N3O6. The zero-order valence-corrected chi connectivity index (χ0v) is 21.7. The molecule has 5 aromatic rings. The smallest absolute Gasteiger partial charge is 0.260 e. The molecule has 1 aliphatic rings. The number of ether oxygens (including phenoxy) is 4. The number of rotatable bonds is 6. The van der Waals surface area contributed by atoms with E-state index in [9.17, 15) is 9.59 Å². The van der Waals surface area contributed by atoms with Crippen LogP contribution in [0.2, 0.25) is 0 Å². The van der Waals surface area contributed by atoms with Gasteiger partial charge in [0.1, 0.15) is 0 Å². The number of pyridine rings is 3. The molecule has 0 saturated heterocycles. The fraction of sp³-hybridized carbons (Fsp3) is 0.233. The number of hydrogen-bond acceptors (Lipinski definition) is 7. The largest absolute Gasteiger partial charge is 0.493 e. The molecule has 0 N–H and O–H groups in total. The molecule has 9 nitrogen and oxygen atoms in total. The van der Waals surface area contributed by atoms with Gasteiger partial charge in [-0.05, 0) is 53.6 Å². The Kier molecular flexibility index (Phi) is 6.40.